The Morgan fingerprint density at radius 2 is 1.84 bits per heavy atom. The van der Waals surface area contributed by atoms with Gasteiger partial charge in [-0.05, 0) is 42.0 Å². The maximum absolute atomic E-state index is 10.6. The van der Waals surface area contributed by atoms with E-state index in [1.165, 1.54) is 12.4 Å². The number of carbonyl (C=O) groups is 1. The lowest BCUT2D eigenvalue weighted by molar-refractivity contribution is -0.297. The molecule has 0 fully saturated rings. The smallest absolute Gasteiger partial charge is 0.231 e. The Labute approximate surface area is 177 Å². The molecule has 9 nitrogen and oxygen atoms in total. The van der Waals surface area contributed by atoms with Crippen molar-refractivity contribution >= 4 is 29.3 Å². The first-order valence-corrected chi connectivity index (χ1v) is 9.26. The van der Waals surface area contributed by atoms with Crippen LogP contribution < -0.4 is 19.9 Å². The van der Waals surface area contributed by atoms with Gasteiger partial charge in [0, 0.05) is 17.3 Å². The lowest BCUT2D eigenvalue weighted by Gasteiger charge is -2.12. The molecule has 0 bridgehead atoms. The highest BCUT2D eigenvalue weighted by atomic mass is 16.5. The molecule has 156 valence electrons. The Morgan fingerprint density at radius 3 is 2.55 bits per heavy atom. The van der Waals surface area contributed by atoms with E-state index in [1.54, 1.807) is 30.9 Å². The van der Waals surface area contributed by atoms with Gasteiger partial charge in [0.05, 0.1) is 25.9 Å². The number of nitrogens with zero attached hydrogens (tertiary/aromatic N) is 4. The summed E-state index contributed by atoms with van der Waals surface area (Å²) < 4.78 is 12.3. The highest BCUT2D eigenvalue weighted by Gasteiger charge is 2.12. The average Bonchev–Trinajstić information content (AvgIpc) is 3.27. The molecule has 0 saturated carbocycles. The minimum Gasteiger partial charge on any atom is -0.545 e. The molecule has 31 heavy (non-hydrogen) atoms. The maximum Gasteiger partial charge on any atom is 0.231 e. The molecule has 4 aromatic rings. The van der Waals surface area contributed by atoms with Gasteiger partial charge in [-0.25, -0.2) is 9.97 Å². The molecule has 4 rings (SSSR count). The molecule has 0 saturated heterocycles. The lowest BCUT2D eigenvalue weighted by atomic mass is 10.1. The number of carbonyl (C=O) groups excluding carboxylic acids is 1. The van der Waals surface area contributed by atoms with Crippen molar-refractivity contribution in [2.75, 3.05) is 19.5 Å². The van der Waals surface area contributed by atoms with Crippen LogP contribution in [0.15, 0.2) is 60.9 Å². The monoisotopic (exact) mass is 416 g/mol. The Kier molecular flexibility index (Phi) is 5.48. The molecule has 2 aromatic carbocycles. The Hall–Kier alpha value is -4.40. The molecule has 2 aromatic heterocycles. The van der Waals surface area contributed by atoms with Gasteiger partial charge in [-0.2, -0.15) is 9.61 Å². The summed E-state index contributed by atoms with van der Waals surface area (Å²) in [6.07, 6.45) is 3.90. The van der Waals surface area contributed by atoms with Gasteiger partial charge in [0.25, 0.3) is 0 Å². The topological polar surface area (TPSA) is 114 Å². The number of benzene rings is 2. The van der Waals surface area contributed by atoms with Crippen LogP contribution in [0.5, 0.6) is 11.5 Å². The van der Waals surface area contributed by atoms with Crippen LogP contribution in [0.3, 0.4) is 0 Å². The van der Waals surface area contributed by atoms with Crippen LogP contribution in [0.1, 0.15) is 5.56 Å². The van der Waals surface area contributed by atoms with E-state index in [1.807, 2.05) is 36.4 Å². The number of anilines is 2. The largest absolute Gasteiger partial charge is 0.545 e. The highest BCUT2D eigenvalue weighted by Crippen LogP contribution is 2.32. The minimum absolute atomic E-state index is 0.470. The maximum atomic E-state index is 10.6. The first kappa shape index (κ1) is 19.9. The first-order valence-electron chi connectivity index (χ1n) is 9.26. The van der Waals surface area contributed by atoms with Gasteiger partial charge in [0.2, 0.25) is 5.95 Å². The van der Waals surface area contributed by atoms with Crippen molar-refractivity contribution in [3.05, 3.63) is 66.5 Å². The molecule has 0 aliphatic carbocycles. The number of hydrogen-bond acceptors (Lipinski definition) is 8. The van der Waals surface area contributed by atoms with Crippen LogP contribution in [0.25, 0.3) is 23.0 Å². The summed E-state index contributed by atoms with van der Waals surface area (Å²) in [6.45, 7) is 0. The van der Waals surface area contributed by atoms with Crippen molar-refractivity contribution < 1.29 is 19.4 Å². The van der Waals surface area contributed by atoms with Gasteiger partial charge in [0.1, 0.15) is 6.33 Å². The van der Waals surface area contributed by atoms with Gasteiger partial charge < -0.3 is 24.7 Å². The molecule has 0 atom stereocenters. The average molecular weight is 416 g/mol. The second-order valence-corrected chi connectivity index (χ2v) is 6.46. The van der Waals surface area contributed by atoms with Crippen molar-refractivity contribution in [3.63, 3.8) is 0 Å². The summed E-state index contributed by atoms with van der Waals surface area (Å²) in [5.74, 6) is 0.448. The van der Waals surface area contributed by atoms with E-state index in [-0.39, 0.29) is 0 Å². The van der Waals surface area contributed by atoms with Gasteiger partial charge in [-0.15, -0.1) is 0 Å². The molecular weight excluding hydrogens is 398 g/mol. The quantitative estimate of drug-likeness (QED) is 0.457. The number of hydrogen-bond donors (Lipinski definition) is 1. The van der Waals surface area contributed by atoms with Crippen molar-refractivity contribution in [2.45, 2.75) is 0 Å². The van der Waals surface area contributed by atoms with Crippen molar-refractivity contribution in [1.29, 1.82) is 0 Å². The second kappa shape index (κ2) is 8.54. The fourth-order valence-corrected chi connectivity index (χ4v) is 3.02. The van der Waals surface area contributed by atoms with Crippen molar-refractivity contribution in [2.24, 2.45) is 0 Å². The number of carboxylic acid groups (broad SMARTS) is 1. The zero-order valence-electron chi connectivity index (χ0n) is 16.8. The zero-order valence-corrected chi connectivity index (χ0v) is 16.8. The standard InChI is InChI=1S/C22H19N5O4/c1-30-18-9-6-15(11-19(18)31-2)17-12-20-23-13-24-27(20)22(26-17)25-16-7-3-14(4-8-16)5-10-21(28)29/h3-13H,1-2H3,(H,25,26)(H,28,29)/p-1/b10-5+. The normalized spacial score (nSPS) is 11.0. The summed E-state index contributed by atoms with van der Waals surface area (Å²) in [4.78, 5) is 19.5. The number of methoxy groups -OCH3 is 2. The first-order chi connectivity index (χ1) is 15.1. The van der Waals surface area contributed by atoms with E-state index >= 15 is 0 Å². The summed E-state index contributed by atoms with van der Waals surface area (Å²) in [7, 11) is 3.16. The predicted octanol–water partition coefficient (Wildman–Crippen LogP) is 2.32. The molecular formula is C22H18N5O4-. The summed E-state index contributed by atoms with van der Waals surface area (Å²) >= 11 is 0. The number of carboxylic acids is 1. The van der Waals surface area contributed by atoms with Crippen LogP contribution in [0.4, 0.5) is 11.6 Å². The van der Waals surface area contributed by atoms with E-state index in [2.05, 4.69) is 15.4 Å². The second-order valence-electron chi connectivity index (χ2n) is 6.46. The molecule has 0 unspecified atom stereocenters. The Bertz CT molecular complexity index is 1260. The van der Waals surface area contributed by atoms with E-state index in [4.69, 9.17) is 14.5 Å². The van der Waals surface area contributed by atoms with Crippen molar-refractivity contribution in [3.8, 4) is 22.8 Å². The van der Waals surface area contributed by atoms with Gasteiger partial charge >= 0.3 is 0 Å². The predicted molar refractivity (Wildman–Crippen MR) is 113 cm³/mol. The number of nitrogens with one attached hydrogen (secondary N) is 1. The summed E-state index contributed by atoms with van der Waals surface area (Å²) in [6, 6.07) is 14.5. The molecule has 0 radical (unpaired) electrons. The van der Waals surface area contributed by atoms with Crippen LogP contribution in [-0.2, 0) is 4.79 Å². The number of fused-ring (bicyclic) bond motifs is 1. The summed E-state index contributed by atoms with van der Waals surface area (Å²) in [5.41, 5.74) is 3.61. The van der Waals surface area contributed by atoms with Crippen LogP contribution in [0.2, 0.25) is 0 Å². The Morgan fingerprint density at radius 1 is 1.06 bits per heavy atom. The Balaban J connectivity index is 1.69. The fraction of sp³-hybridized carbons (Fsp3) is 0.0909. The molecule has 9 heteroatoms. The van der Waals surface area contributed by atoms with Gasteiger partial charge in [0.15, 0.2) is 17.1 Å². The van der Waals surface area contributed by atoms with E-state index in [9.17, 15) is 9.90 Å². The van der Waals surface area contributed by atoms with Gasteiger partial charge in [-0.1, -0.05) is 18.2 Å². The van der Waals surface area contributed by atoms with Crippen LogP contribution in [0, 0.1) is 0 Å². The van der Waals surface area contributed by atoms with E-state index in [0.717, 1.165) is 22.9 Å². The third-order valence-electron chi connectivity index (χ3n) is 4.52. The lowest BCUT2D eigenvalue weighted by Crippen LogP contribution is -2.18. The molecule has 2 heterocycles. The number of aliphatic carboxylic acids is 1. The molecule has 0 amide bonds. The number of rotatable bonds is 7. The third kappa shape index (κ3) is 4.30. The van der Waals surface area contributed by atoms with E-state index in [0.29, 0.717) is 28.8 Å². The van der Waals surface area contributed by atoms with E-state index < -0.39 is 5.97 Å². The van der Waals surface area contributed by atoms with Crippen molar-refractivity contribution in [1.82, 2.24) is 19.6 Å². The summed E-state index contributed by atoms with van der Waals surface area (Å²) in [5, 5.41) is 18.0. The van der Waals surface area contributed by atoms with Gasteiger partial charge in [-0.3, -0.25) is 0 Å². The minimum atomic E-state index is -1.24. The third-order valence-corrected chi connectivity index (χ3v) is 4.52. The zero-order chi connectivity index (χ0) is 21.8. The number of aromatic nitrogens is 4. The fourth-order valence-electron chi connectivity index (χ4n) is 3.02. The molecule has 0 aliphatic rings. The van der Waals surface area contributed by atoms with Crippen LogP contribution in [-0.4, -0.2) is 39.8 Å². The number of ether oxygens (including phenoxy) is 2. The van der Waals surface area contributed by atoms with Crippen LogP contribution >= 0.6 is 0 Å². The molecule has 0 aliphatic heterocycles. The molecule has 1 N–H and O–H groups in total. The SMILES string of the molecule is COc1ccc(-c2cc3ncnn3c(Nc3ccc(/C=C/C(=O)[O-])cc3)n2)cc1OC. The molecule has 0 spiro atoms. The highest BCUT2D eigenvalue weighted by molar-refractivity contribution is 5.83.